The van der Waals surface area contributed by atoms with Crippen LogP contribution in [0.2, 0.25) is 0 Å². The summed E-state index contributed by atoms with van der Waals surface area (Å²) in [6, 6.07) is 4.52. The lowest BCUT2D eigenvalue weighted by Gasteiger charge is -2.27. The molecule has 1 N–H and O–H groups in total. The van der Waals surface area contributed by atoms with Crippen LogP contribution in [0, 0.1) is 11.3 Å². The number of hydrogen-bond donors (Lipinski definition) is 1. The quantitative estimate of drug-likeness (QED) is 0.897. The number of anilines is 1. The van der Waals surface area contributed by atoms with Gasteiger partial charge in [-0.1, -0.05) is 34.1 Å². The van der Waals surface area contributed by atoms with Gasteiger partial charge in [0.1, 0.15) is 5.82 Å². The van der Waals surface area contributed by atoms with Crippen LogP contribution < -0.4 is 10.2 Å². The number of aromatic nitrogens is 1. The molecule has 118 valence electrons. The van der Waals surface area contributed by atoms with Crippen LogP contribution in [0.4, 0.5) is 5.82 Å². The zero-order valence-electron chi connectivity index (χ0n) is 14.4. The van der Waals surface area contributed by atoms with Gasteiger partial charge in [0.05, 0.1) is 0 Å². The molecule has 1 fully saturated rings. The van der Waals surface area contributed by atoms with E-state index in [1.54, 1.807) is 0 Å². The molecule has 1 atom stereocenters. The standard InChI is InChI=1S/C18H31N3/c1-6-7-16-10-14(12-19-5)11-17(20-16)21-9-8-15(13-21)18(2,3)4/h10-11,15,19H,6-9,12-13H2,1-5H3. The Labute approximate surface area is 130 Å². The second-order valence-electron chi connectivity index (χ2n) is 7.40. The van der Waals surface area contributed by atoms with Crippen LogP contribution in [0.3, 0.4) is 0 Å². The number of nitrogens with one attached hydrogen (secondary N) is 1. The lowest BCUT2D eigenvalue weighted by atomic mass is 9.80. The van der Waals surface area contributed by atoms with Crippen molar-refractivity contribution >= 4 is 5.82 Å². The van der Waals surface area contributed by atoms with Crippen LogP contribution in [0.25, 0.3) is 0 Å². The van der Waals surface area contributed by atoms with Crippen molar-refractivity contribution in [3.8, 4) is 0 Å². The number of hydrogen-bond acceptors (Lipinski definition) is 3. The molecule has 3 heteroatoms. The molecule has 1 aromatic heterocycles. The topological polar surface area (TPSA) is 28.2 Å². The van der Waals surface area contributed by atoms with Gasteiger partial charge in [0.2, 0.25) is 0 Å². The van der Waals surface area contributed by atoms with E-state index in [1.165, 1.54) is 23.5 Å². The zero-order valence-corrected chi connectivity index (χ0v) is 14.4. The number of pyridine rings is 1. The minimum absolute atomic E-state index is 0.392. The van der Waals surface area contributed by atoms with Gasteiger partial charge < -0.3 is 10.2 Å². The van der Waals surface area contributed by atoms with E-state index in [4.69, 9.17) is 4.98 Å². The molecule has 2 rings (SSSR count). The molecule has 0 aliphatic carbocycles. The summed E-state index contributed by atoms with van der Waals surface area (Å²) in [7, 11) is 2.01. The molecule has 0 amide bonds. The normalized spacial score (nSPS) is 19.3. The fourth-order valence-corrected chi connectivity index (χ4v) is 3.16. The summed E-state index contributed by atoms with van der Waals surface area (Å²) in [6.07, 6.45) is 3.51. The highest BCUT2D eigenvalue weighted by Gasteiger charge is 2.32. The Morgan fingerprint density at radius 3 is 2.67 bits per heavy atom. The monoisotopic (exact) mass is 289 g/mol. The van der Waals surface area contributed by atoms with E-state index in [9.17, 15) is 0 Å². The maximum absolute atomic E-state index is 4.90. The number of aryl methyl sites for hydroxylation is 1. The molecule has 0 radical (unpaired) electrons. The SMILES string of the molecule is CCCc1cc(CNC)cc(N2CCC(C(C)(C)C)C2)n1. The highest BCUT2D eigenvalue weighted by Crippen LogP contribution is 2.35. The second kappa shape index (κ2) is 6.78. The molecule has 1 unspecified atom stereocenters. The summed E-state index contributed by atoms with van der Waals surface area (Å²) in [4.78, 5) is 7.38. The Morgan fingerprint density at radius 1 is 1.33 bits per heavy atom. The van der Waals surface area contributed by atoms with E-state index < -0.39 is 0 Å². The van der Waals surface area contributed by atoms with E-state index in [0.717, 1.165) is 38.4 Å². The first-order chi connectivity index (χ1) is 9.94. The summed E-state index contributed by atoms with van der Waals surface area (Å²) < 4.78 is 0. The van der Waals surface area contributed by atoms with E-state index in [2.05, 4.69) is 50.0 Å². The van der Waals surface area contributed by atoms with Crippen LogP contribution in [-0.2, 0) is 13.0 Å². The molecular weight excluding hydrogens is 258 g/mol. The van der Waals surface area contributed by atoms with Crippen molar-refractivity contribution < 1.29 is 0 Å². The molecular formula is C18H31N3. The summed E-state index contributed by atoms with van der Waals surface area (Å²) >= 11 is 0. The number of rotatable bonds is 5. The molecule has 1 aromatic rings. The molecule has 2 heterocycles. The predicted octanol–water partition coefficient (Wildman–Crippen LogP) is 3.63. The lowest BCUT2D eigenvalue weighted by Crippen LogP contribution is -2.26. The molecule has 0 saturated carbocycles. The molecule has 0 bridgehead atoms. The first-order valence-corrected chi connectivity index (χ1v) is 8.33. The third kappa shape index (κ3) is 4.19. The van der Waals surface area contributed by atoms with Crippen molar-refractivity contribution in [2.75, 3.05) is 25.0 Å². The molecule has 1 saturated heterocycles. The largest absolute Gasteiger partial charge is 0.356 e. The Bertz CT molecular complexity index is 438. The first kappa shape index (κ1) is 16.3. The predicted molar refractivity (Wildman–Crippen MR) is 90.8 cm³/mol. The van der Waals surface area contributed by atoms with Gasteiger partial charge in [-0.05, 0) is 48.9 Å². The van der Waals surface area contributed by atoms with Crippen molar-refractivity contribution in [1.82, 2.24) is 10.3 Å². The van der Waals surface area contributed by atoms with Crippen LogP contribution in [0.1, 0.15) is 51.8 Å². The van der Waals surface area contributed by atoms with E-state index in [1.807, 2.05) is 7.05 Å². The van der Waals surface area contributed by atoms with Crippen molar-refractivity contribution in [2.45, 2.75) is 53.5 Å². The summed E-state index contributed by atoms with van der Waals surface area (Å²) in [5, 5.41) is 3.26. The van der Waals surface area contributed by atoms with E-state index in [-0.39, 0.29) is 0 Å². The molecule has 0 spiro atoms. The molecule has 3 nitrogen and oxygen atoms in total. The summed E-state index contributed by atoms with van der Waals surface area (Å²) in [5.74, 6) is 1.94. The highest BCUT2D eigenvalue weighted by atomic mass is 15.2. The van der Waals surface area contributed by atoms with Crippen LogP contribution >= 0.6 is 0 Å². The van der Waals surface area contributed by atoms with Crippen molar-refractivity contribution in [3.63, 3.8) is 0 Å². The fraction of sp³-hybridized carbons (Fsp3) is 0.722. The average molecular weight is 289 g/mol. The Balaban J connectivity index is 2.19. The van der Waals surface area contributed by atoms with Gasteiger partial charge in [0.15, 0.2) is 0 Å². The van der Waals surface area contributed by atoms with Crippen LogP contribution in [0.15, 0.2) is 12.1 Å². The van der Waals surface area contributed by atoms with Gasteiger partial charge >= 0.3 is 0 Å². The van der Waals surface area contributed by atoms with E-state index in [0.29, 0.717) is 5.41 Å². The third-order valence-electron chi connectivity index (χ3n) is 4.55. The molecule has 21 heavy (non-hydrogen) atoms. The van der Waals surface area contributed by atoms with Gasteiger partial charge in [-0.3, -0.25) is 0 Å². The minimum atomic E-state index is 0.392. The second-order valence-corrected chi connectivity index (χ2v) is 7.40. The molecule has 0 aromatic carbocycles. The minimum Gasteiger partial charge on any atom is -0.356 e. The maximum Gasteiger partial charge on any atom is 0.129 e. The van der Waals surface area contributed by atoms with Gasteiger partial charge in [-0.15, -0.1) is 0 Å². The fourth-order valence-electron chi connectivity index (χ4n) is 3.16. The van der Waals surface area contributed by atoms with Gasteiger partial charge in [0.25, 0.3) is 0 Å². The smallest absolute Gasteiger partial charge is 0.129 e. The lowest BCUT2D eigenvalue weighted by molar-refractivity contribution is 0.263. The van der Waals surface area contributed by atoms with Crippen LogP contribution in [-0.4, -0.2) is 25.1 Å². The van der Waals surface area contributed by atoms with Crippen molar-refractivity contribution in [3.05, 3.63) is 23.4 Å². The summed E-state index contributed by atoms with van der Waals surface area (Å²) in [5.41, 5.74) is 2.98. The third-order valence-corrected chi connectivity index (χ3v) is 4.55. The van der Waals surface area contributed by atoms with Crippen LogP contribution in [0.5, 0.6) is 0 Å². The maximum atomic E-state index is 4.90. The van der Waals surface area contributed by atoms with Crippen molar-refractivity contribution in [2.24, 2.45) is 11.3 Å². The average Bonchev–Trinajstić information content (AvgIpc) is 2.88. The first-order valence-electron chi connectivity index (χ1n) is 8.33. The van der Waals surface area contributed by atoms with Crippen molar-refractivity contribution in [1.29, 1.82) is 0 Å². The molecule has 1 aliphatic rings. The van der Waals surface area contributed by atoms with Gasteiger partial charge in [-0.2, -0.15) is 0 Å². The Hall–Kier alpha value is -1.09. The van der Waals surface area contributed by atoms with Gasteiger partial charge in [0, 0.05) is 25.3 Å². The Kier molecular flexibility index (Phi) is 5.26. The van der Waals surface area contributed by atoms with Gasteiger partial charge in [-0.25, -0.2) is 4.98 Å². The summed E-state index contributed by atoms with van der Waals surface area (Å²) in [6.45, 7) is 12.5. The number of nitrogens with zero attached hydrogens (tertiary/aromatic N) is 2. The Morgan fingerprint density at radius 2 is 2.10 bits per heavy atom. The van der Waals surface area contributed by atoms with E-state index >= 15 is 0 Å². The highest BCUT2D eigenvalue weighted by molar-refractivity contribution is 5.44. The molecule has 1 aliphatic heterocycles. The zero-order chi connectivity index (χ0) is 15.5.